The van der Waals surface area contributed by atoms with Gasteiger partial charge in [0.15, 0.2) is 0 Å². The molecule has 6 heteroatoms. The van der Waals surface area contributed by atoms with Crippen LogP contribution in [0.4, 0.5) is 5.69 Å². The molecule has 5 nitrogen and oxygen atoms in total. The predicted molar refractivity (Wildman–Crippen MR) is 72.7 cm³/mol. The molecule has 0 saturated carbocycles. The molecule has 0 fully saturated rings. The minimum Gasteiger partial charge on any atom is -0.497 e. The Kier molecular flexibility index (Phi) is 3.06. The lowest BCUT2D eigenvalue weighted by Crippen LogP contribution is -2.42. The molecular formula is C11H13BrN4O. The highest BCUT2D eigenvalue weighted by atomic mass is 79.9. The summed E-state index contributed by atoms with van der Waals surface area (Å²) in [5.74, 6) is 2.21. The first-order valence-electron chi connectivity index (χ1n) is 5.14. The van der Waals surface area contributed by atoms with E-state index in [1.807, 2.05) is 23.1 Å². The van der Waals surface area contributed by atoms with Gasteiger partial charge in [0.2, 0.25) is 5.96 Å². The summed E-state index contributed by atoms with van der Waals surface area (Å²) in [6, 6.07) is 5.76. The molecule has 2 N–H and O–H groups in total. The van der Waals surface area contributed by atoms with Crippen LogP contribution in [0.3, 0.4) is 0 Å². The molecule has 0 saturated heterocycles. The fraction of sp³-hybridized carbons (Fsp3) is 0.273. The Labute approximate surface area is 110 Å². The zero-order chi connectivity index (χ0) is 11.1. The summed E-state index contributed by atoms with van der Waals surface area (Å²) in [7, 11) is 1.64. The molecule has 2 heterocycles. The third kappa shape index (κ3) is 1.78. The van der Waals surface area contributed by atoms with E-state index in [2.05, 4.69) is 9.98 Å². The molecule has 0 unspecified atom stereocenters. The number of guanidine groups is 1. The number of benzene rings is 1. The zero-order valence-electron chi connectivity index (χ0n) is 9.38. The number of nitrogens with zero attached hydrogens (tertiary/aromatic N) is 3. The highest BCUT2D eigenvalue weighted by Crippen LogP contribution is 2.30. The maximum absolute atomic E-state index is 5.88. The van der Waals surface area contributed by atoms with Crippen LogP contribution in [0.15, 0.2) is 28.2 Å². The molecule has 2 aliphatic heterocycles. The second-order valence-corrected chi connectivity index (χ2v) is 3.71. The summed E-state index contributed by atoms with van der Waals surface area (Å²) in [6.45, 7) is 1.59. The van der Waals surface area contributed by atoms with Crippen molar-refractivity contribution < 1.29 is 4.74 Å². The summed E-state index contributed by atoms with van der Waals surface area (Å²) in [4.78, 5) is 10.7. The van der Waals surface area contributed by atoms with Crippen LogP contribution in [-0.4, -0.2) is 36.9 Å². The molecule has 1 aromatic rings. The van der Waals surface area contributed by atoms with Gasteiger partial charge in [0, 0.05) is 18.2 Å². The van der Waals surface area contributed by atoms with Gasteiger partial charge in [-0.05, 0) is 12.1 Å². The van der Waals surface area contributed by atoms with E-state index in [1.165, 1.54) is 0 Å². The van der Waals surface area contributed by atoms with Gasteiger partial charge in [0.25, 0.3) is 0 Å². The van der Waals surface area contributed by atoms with Crippen LogP contribution < -0.4 is 10.5 Å². The third-order valence-corrected chi connectivity index (χ3v) is 2.80. The molecule has 0 aliphatic carbocycles. The molecule has 2 aliphatic rings. The fourth-order valence-electron chi connectivity index (χ4n) is 2.00. The number of halogens is 1. The fourth-order valence-corrected chi connectivity index (χ4v) is 2.00. The van der Waals surface area contributed by atoms with Crippen molar-refractivity contribution in [3.63, 3.8) is 0 Å². The van der Waals surface area contributed by atoms with Crippen LogP contribution in [0, 0.1) is 0 Å². The number of fused-ring (bicyclic) bond motifs is 3. The van der Waals surface area contributed by atoms with Gasteiger partial charge >= 0.3 is 0 Å². The Hall–Kier alpha value is -1.56. The summed E-state index contributed by atoms with van der Waals surface area (Å²) >= 11 is 0. The Morgan fingerprint density at radius 1 is 1.41 bits per heavy atom. The van der Waals surface area contributed by atoms with Crippen molar-refractivity contribution >= 4 is 34.5 Å². The van der Waals surface area contributed by atoms with Gasteiger partial charge in [-0.1, -0.05) is 0 Å². The Morgan fingerprint density at radius 2 is 2.24 bits per heavy atom. The molecule has 0 spiro atoms. The van der Waals surface area contributed by atoms with Gasteiger partial charge in [-0.3, -0.25) is 9.89 Å². The summed E-state index contributed by atoms with van der Waals surface area (Å²) in [5, 5.41) is 0. The molecule has 90 valence electrons. The summed E-state index contributed by atoms with van der Waals surface area (Å²) < 4.78 is 5.16. The van der Waals surface area contributed by atoms with E-state index in [1.54, 1.807) is 7.11 Å². The topological polar surface area (TPSA) is 63.2 Å². The third-order valence-electron chi connectivity index (χ3n) is 2.80. The minimum absolute atomic E-state index is 0. The normalized spacial score (nSPS) is 16.4. The largest absolute Gasteiger partial charge is 0.497 e. The zero-order valence-corrected chi connectivity index (χ0v) is 11.1. The van der Waals surface area contributed by atoms with Crippen LogP contribution in [0.25, 0.3) is 0 Å². The van der Waals surface area contributed by atoms with Crippen LogP contribution in [-0.2, 0) is 0 Å². The van der Waals surface area contributed by atoms with Crippen molar-refractivity contribution in [1.29, 1.82) is 0 Å². The van der Waals surface area contributed by atoms with E-state index in [0.717, 1.165) is 35.9 Å². The summed E-state index contributed by atoms with van der Waals surface area (Å²) in [5.41, 5.74) is 7.73. The first-order valence-corrected chi connectivity index (χ1v) is 5.14. The first kappa shape index (κ1) is 11.9. The number of amidine groups is 1. The Balaban J connectivity index is 0.00000108. The number of rotatable bonds is 1. The maximum atomic E-state index is 5.88. The number of aliphatic imine (C=N–C) groups is 2. The quantitative estimate of drug-likeness (QED) is 0.849. The van der Waals surface area contributed by atoms with Gasteiger partial charge in [-0.2, -0.15) is 0 Å². The lowest BCUT2D eigenvalue weighted by molar-refractivity contribution is 0.415. The van der Waals surface area contributed by atoms with Crippen LogP contribution in [0.5, 0.6) is 5.75 Å². The van der Waals surface area contributed by atoms with E-state index in [-0.39, 0.29) is 17.0 Å². The second-order valence-electron chi connectivity index (χ2n) is 3.71. The van der Waals surface area contributed by atoms with Crippen molar-refractivity contribution in [2.45, 2.75) is 0 Å². The second kappa shape index (κ2) is 4.37. The van der Waals surface area contributed by atoms with Gasteiger partial charge in [0.1, 0.15) is 11.6 Å². The van der Waals surface area contributed by atoms with Gasteiger partial charge < -0.3 is 10.5 Å². The van der Waals surface area contributed by atoms with Crippen LogP contribution >= 0.6 is 17.0 Å². The van der Waals surface area contributed by atoms with Gasteiger partial charge in [0.05, 0.1) is 19.3 Å². The van der Waals surface area contributed by atoms with Gasteiger partial charge in [-0.25, -0.2) is 4.99 Å². The Morgan fingerprint density at radius 3 is 3.00 bits per heavy atom. The maximum Gasteiger partial charge on any atom is 0.202 e. The number of hydrogen-bond acceptors (Lipinski definition) is 5. The van der Waals surface area contributed by atoms with Crippen LogP contribution in [0.1, 0.15) is 5.56 Å². The van der Waals surface area contributed by atoms with Crippen molar-refractivity contribution in [1.82, 2.24) is 4.90 Å². The predicted octanol–water partition coefficient (Wildman–Crippen LogP) is 1.30. The lowest BCUT2D eigenvalue weighted by Gasteiger charge is -2.24. The van der Waals surface area contributed by atoms with Crippen molar-refractivity contribution in [2.75, 3.05) is 20.2 Å². The number of nitrogens with two attached hydrogens (primary N) is 1. The van der Waals surface area contributed by atoms with E-state index >= 15 is 0 Å². The van der Waals surface area contributed by atoms with E-state index in [0.29, 0.717) is 5.96 Å². The lowest BCUT2D eigenvalue weighted by atomic mass is 10.1. The van der Waals surface area contributed by atoms with Crippen LogP contribution in [0.2, 0.25) is 0 Å². The molecule has 1 aromatic carbocycles. The minimum atomic E-state index is 0. The highest BCUT2D eigenvalue weighted by Gasteiger charge is 2.27. The molecule has 0 bridgehead atoms. The average Bonchev–Trinajstić information content (AvgIpc) is 2.78. The van der Waals surface area contributed by atoms with Crippen molar-refractivity contribution in [3.8, 4) is 5.75 Å². The first-order chi connectivity index (χ1) is 7.79. The molecule has 17 heavy (non-hydrogen) atoms. The Bertz CT molecular complexity index is 512. The highest BCUT2D eigenvalue weighted by molar-refractivity contribution is 8.93. The molecule has 0 amide bonds. The molecule has 0 atom stereocenters. The molecule has 0 radical (unpaired) electrons. The number of methoxy groups -OCH3 is 1. The van der Waals surface area contributed by atoms with E-state index in [4.69, 9.17) is 10.5 Å². The average molecular weight is 297 g/mol. The molecular weight excluding hydrogens is 284 g/mol. The van der Waals surface area contributed by atoms with Crippen molar-refractivity contribution in [3.05, 3.63) is 23.8 Å². The van der Waals surface area contributed by atoms with Gasteiger partial charge in [-0.15, -0.1) is 17.0 Å². The van der Waals surface area contributed by atoms with E-state index in [9.17, 15) is 0 Å². The molecule has 3 rings (SSSR count). The van der Waals surface area contributed by atoms with E-state index < -0.39 is 0 Å². The monoisotopic (exact) mass is 296 g/mol. The number of ether oxygens (including phenoxy) is 1. The SMILES string of the molecule is Br.COc1ccc2c(c1)N=C(N)N1CCN=C21. The number of hydrogen-bond donors (Lipinski definition) is 1. The smallest absolute Gasteiger partial charge is 0.202 e. The standard InChI is InChI=1S/C11H12N4O.BrH/c1-16-7-2-3-8-9(6-7)14-11(12)15-5-4-13-10(8)15;/h2-3,6H,4-5H2,1H3,(H2,12,14);1H. The summed E-state index contributed by atoms with van der Waals surface area (Å²) in [6.07, 6.45) is 0. The van der Waals surface area contributed by atoms with Crippen molar-refractivity contribution in [2.24, 2.45) is 15.7 Å². The molecule has 0 aromatic heterocycles.